The Morgan fingerprint density at radius 1 is 1.05 bits per heavy atom. The second-order valence-electron chi connectivity index (χ2n) is 4.32. The molecule has 2 aromatic rings. The molecule has 0 aromatic heterocycles. The third kappa shape index (κ3) is 3.02. The summed E-state index contributed by atoms with van der Waals surface area (Å²) in [5.41, 5.74) is 0.493. The van der Waals surface area contributed by atoms with Crippen molar-refractivity contribution in [1.29, 1.82) is 0 Å². The van der Waals surface area contributed by atoms with Crippen molar-refractivity contribution in [3.8, 4) is 0 Å². The summed E-state index contributed by atoms with van der Waals surface area (Å²) in [4.78, 5) is -0.390. The average Bonchev–Trinajstić information content (AvgIpc) is 2.39. The quantitative estimate of drug-likeness (QED) is 0.870. The Bertz CT molecular complexity index is 717. The smallest absolute Gasteiger partial charge is 0.207 e. The minimum Gasteiger partial charge on any atom is -0.207 e. The second-order valence-corrected chi connectivity index (χ2v) is 6.33. The number of benzene rings is 2. The summed E-state index contributed by atoms with van der Waals surface area (Å²) in [7, 11) is -2.62. The number of halogens is 2. The van der Waals surface area contributed by atoms with Gasteiger partial charge in [0.05, 0.1) is 0 Å². The SMILES string of the molecule is CN(Cc1cccc(F)c1)S(=O)(=O)c1ccccc1F. The molecule has 0 heterocycles. The Hall–Kier alpha value is -1.79. The Morgan fingerprint density at radius 3 is 2.40 bits per heavy atom. The van der Waals surface area contributed by atoms with Gasteiger partial charge in [-0.05, 0) is 29.8 Å². The van der Waals surface area contributed by atoms with E-state index in [0.29, 0.717) is 5.56 Å². The molecular weight excluding hydrogens is 284 g/mol. The monoisotopic (exact) mass is 297 g/mol. The zero-order valence-corrected chi connectivity index (χ0v) is 11.6. The van der Waals surface area contributed by atoms with Crippen LogP contribution >= 0.6 is 0 Å². The van der Waals surface area contributed by atoms with Crippen LogP contribution in [-0.4, -0.2) is 19.8 Å². The maximum atomic E-state index is 13.6. The molecule has 0 aliphatic rings. The molecule has 2 rings (SSSR count). The molecule has 0 fully saturated rings. The predicted molar refractivity (Wildman–Crippen MR) is 71.5 cm³/mol. The highest BCUT2D eigenvalue weighted by atomic mass is 32.2. The molecule has 2 aromatic carbocycles. The largest absolute Gasteiger partial charge is 0.246 e. The molecule has 0 N–H and O–H groups in total. The number of rotatable bonds is 4. The van der Waals surface area contributed by atoms with Crippen LogP contribution in [0.4, 0.5) is 8.78 Å². The summed E-state index contributed by atoms with van der Waals surface area (Å²) >= 11 is 0. The Kier molecular flexibility index (Phi) is 4.15. The predicted octanol–water partition coefficient (Wildman–Crippen LogP) is 2.79. The molecule has 20 heavy (non-hydrogen) atoms. The molecule has 0 spiro atoms. The lowest BCUT2D eigenvalue weighted by molar-refractivity contribution is 0.458. The first-order valence-electron chi connectivity index (χ1n) is 5.86. The van der Waals surface area contributed by atoms with Crippen LogP contribution in [0.25, 0.3) is 0 Å². The van der Waals surface area contributed by atoms with E-state index < -0.39 is 21.7 Å². The van der Waals surface area contributed by atoms with Gasteiger partial charge in [0.15, 0.2) is 0 Å². The molecule has 0 aliphatic heterocycles. The van der Waals surface area contributed by atoms with Gasteiger partial charge >= 0.3 is 0 Å². The van der Waals surface area contributed by atoms with Gasteiger partial charge in [0, 0.05) is 13.6 Å². The number of hydrogen-bond acceptors (Lipinski definition) is 2. The van der Waals surface area contributed by atoms with Crippen molar-refractivity contribution in [2.24, 2.45) is 0 Å². The summed E-state index contributed by atoms with van der Waals surface area (Å²) in [6.07, 6.45) is 0. The number of sulfonamides is 1. The van der Waals surface area contributed by atoms with Crippen LogP contribution < -0.4 is 0 Å². The van der Waals surface area contributed by atoms with E-state index in [1.807, 2.05) is 0 Å². The Morgan fingerprint density at radius 2 is 1.75 bits per heavy atom. The van der Waals surface area contributed by atoms with Crippen LogP contribution in [0, 0.1) is 11.6 Å². The average molecular weight is 297 g/mol. The van der Waals surface area contributed by atoms with Gasteiger partial charge in [-0.25, -0.2) is 17.2 Å². The molecule has 0 bridgehead atoms. The molecule has 0 saturated carbocycles. The summed E-state index contributed by atoms with van der Waals surface area (Å²) in [5, 5.41) is 0. The molecule has 0 unspecified atom stereocenters. The fourth-order valence-electron chi connectivity index (χ4n) is 1.80. The third-order valence-electron chi connectivity index (χ3n) is 2.82. The molecule has 3 nitrogen and oxygen atoms in total. The van der Waals surface area contributed by atoms with Crippen LogP contribution in [0.5, 0.6) is 0 Å². The first-order chi connectivity index (χ1) is 9.41. The number of hydrogen-bond donors (Lipinski definition) is 0. The standard InChI is InChI=1S/C14H13F2NO2S/c1-17(10-11-5-4-6-12(15)9-11)20(18,19)14-8-3-2-7-13(14)16/h2-9H,10H2,1H3. The zero-order valence-electron chi connectivity index (χ0n) is 10.8. The molecular formula is C14H13F2NO2S. The molecule has 0 amide bonds. The molecule has 6 heteroatoms. The van der Waals surface area contributed by atoms with Crippen molar-refractivity contribution in [3.05, 3.63) is 65.7 Å². The van der Waals surface area contributed by atoms with Crippen molar-refractivity contribution in [3.63, 3.8) is 0 Å². The van der Waals surface area contributed by atoms with E-state index in [-0.39, 0.29) is 11.4 Å². The maximum Gasteiger partial charge on any atom is 0.246 e. The van der Waals surface area contributed by atoms with Gasteiger partial charge in [-0.2, -0.15) is 4.31 Å². The first-order valence-corrected chi connectivity index (χ1v) is 7.30. The zero-order chi connectivity index (χ0) is 14.8. The van der Waals surface area contributed by atoms with Gasteiger partial charge in [0.25, 0.3) is 0 Å². The topological polar surface area (TPSA) is 37.4 Å². The molecule has 0 saturated heterocycles. The summed E-state index contributed by atoms with van der Waals surface area (Å²) in [6.45, 7) is -0.0333. The van der Waals surface area contributed by atoms with Crippen LogP contribution in [0.3, 0.4) is 0 Å². The lowest BCUT2D eigenvalue weighted by atomic mass is 10.2. The highest BCUT2D eigenvalue weighted by Gasteiger charge is 2.24. The van der Waals surface area contributed by atoms with E-state index in [1.54, 1.807) is 6.07 Å². The van der Waals surface area contributed by atoms with Gasteiger partial charge in [-0.1, -0.05) is 24.3 Å². The van der Waals surface area contributed by atoms with Gasteiger partial charge in [-0.3, -0.25) is 0 Å². The second kappa shape index (κ2) is 5.68. The van der Waals surface area contributed by atoms with E-state index in [4.69, 9.17) is 0 Å². The molecule has 0 radical (unpaired) electrons. The Balaban J connectivity index is 2.29. The molecule has 106 valence electrons. The van der Waals surface area contributed by atoms with E-state index in [2.05, 4.69) is 0 Å². The normalized spacial score (nSPS) is 11.8. The van der Waals surface area contributed by atoms with E-state index >= 15 is 0 Å². The van der Waals surface area contributed by atoms with Gasteiger partial charge in [-0.15, -0.1) is 0 Å². The van der Waals surface area contributed by atoms with Crippen LogP contribution in [0.2, 0.25) is 0 Å². The van der Waals surface area contributed by atoms with Crippen molar-refractivity contribution in [2.45, 2.75) is 11.4 Å². The van der Waals surface area contributed by atoms with Crippen LogP contribution in [0.1, 0.15) is 5.56 Å². The summed E-state index contributed by atoms with van der Waals surface area (Å²) < 4.78 is 52.1. The highest BCUT2D eigenvalue weighted by molar-refractivity contribution is 7.89. The molecule has 0 atom stereocenters. The van der Waals surface area contributed by atoms with Crippen molar-refractivity contribution >= 4 is 10.0 Å². The minimum atomic E-state index is -3.94. The first kappa shape index (κ1) is 14.6. The minimum absolute atomic E-state index is 0.0333. The maximum absolute atomic E-state index is 13.6. The highest BCUT2D eigenvalue weighted by Crippen LogP contribution is 2.19. The lowest BCUT2D eigenvalue weighted by Crippen LogP contribution is -2.27. The summed E-state index contributed by atoms with van der Waals surface area (Å²) in [6, 6.07) is 10.8. The van der Waals surface area contributed by atoms with Gasteiger partial charge in [0.1, 0.15) is 16.5 Å². The fraction of sp³-hybridized carbons (Fsp3) is 0.143. The van der Waals surface area contributed by atoms with Crippen LogP contribution in [0.15, 0.2) is 53.4 Å². The molecule has 0 aliphatic carbocycles. The van der Waals surface area contributed by atoms with Crippen molar-refractivity contribution in [1.82, 2.24) is 4.31 Å². The lowest BCUT2D eigenvalue weighted by Gasteiger charge is -2.17. The van der Waals surface area contributed by atoms with Crippen molar-refractivity contribution < 1.29 is 17.2 Å². The number of nitrogens with zero attached hydrogens (tertiary/aromatic N) is 1. The van der Waals surface area contributed by atoms with E-state index in [1.165, 1.54) is 43.4 Å². The van der Waals surface area contributed by atoms with Gasteiger partial charge in [0.2, 0.25) is 10.0 Å². The van der Waals surface area contributed by atoms with E-state index in [0.717, 1.165) is 10.4 Å². The Labute approximate surface area is 116 Å². The fourth-order valence-corrected chi connectivity index (χ4v) is 3.02. The van der Waals surface area contributed by atoms with Gasteiger partial charge < -0.3 is 0 Å². The third-order valence-corrected chi connectivity index (χ3v) is 4.66. The van der Waals surface area contributed by atoms with E-state index in [9.17, 15) is 17.2 Å². The summed E-state index contributed by atoms with van der Waals surface area (Å²) in [5.74, 6) is -1.25. The van der Waals surface area contributed by atoms with Crippen LogP contribution in [-0.2, 0) is 16.6 Å². The van der Waals surface area contributed by atoms with Crippen molar-refractivity contribution in [2.75, 3.05) is 7.05 Å².